The third-order valence-electron chi connectivity index (χ3n) is 4.51. The minimum Gasteiger partial charge on any atom is -0.508 e. The van der Waals surface area contributed by atoms with Crippen LogP contribution in [0.2, 0.25) is 0 Å². The Balaban J connectivity index is 0.000000201. The normalized spacial score (nSPS) is 15.1. The maximum Gasteiger partial charge on any atom is 0.263 e. The van der Waals surface area contributed by atoms with Crippen molar-refractivity contribution in [3.63, 3.8) is 0 Å². The quantitative estimate of drug-likeness (QED) is 0.149. The molecule has 14 heteroatoms. The van der Waals surface area contributed by atoms with E-state index in [0.717, 1.165) is 12.1 Å². The molecule has 0 saturated carbocycles. The number of nitrogens with one attached hydrogen (secondary N) is 4. The van der Waals surface area contributed by atoms with Crippen LogP contribution in [0, 0.1) is 0 Å². The number of phenolic OH excluding ortho intramolecular Hbond substituents is 4. The second-order valence-electron chi connectivity index (χ2n) is 7.08. The van der Waals surface area contributed by atoms with Gasteiger partial charge in [-0.15, -0.1) is 0 Å². The molecule has 0 radical (unpaired) electrons. The summed E-state index contributed by atoms with van der Waals surface area (Å²) in [4.78, 5) is 46.2. The fraction of sp³-hybridized carbons (Fsp3) is 0. The van der Waals surface area contributed by atoms with E-state index in [-0.39, 0.29) is 55.5 Å². The van der Waals surface area contributed by atoms with E-state index in [4.69, 9.17) is 10.2 Å². The summed E-state index contributed by atoms with van der Waals surface area (Å²) < 4.78 is 0. The molecular formula is C22H16N4O8S2. The van der Waals surface area contributed by atoms with Gasteiger partial charge in [0.15, 0.2) is 10.2 Å². The molecule has 4 amide bonds. The molecule has 2 heterocycles. The molecule has 0 aliphatic carbocycles. The molecule has 4 rings (SSSR count). The molecule has 2 aliphatic rings. The van der Waals surface area contributed by atoms with Gasteiger partial charge in [-0.05, 0) is 60.9 Å². The van der Waals surface area contributed by atoms with Gasteiger partial charge in [-0.1, -0.05) is 0 Å². The Kier molecular flexibility index (Phi) is 7.61. The van der Waals surface area contributed by atoms with Crippen LogP contribution >= 0.6 is 24.4 Å². The summed E-state index contributed by atoms with van der Waals surface area (Å²) in [5, 5.41) is 46.3. The number of thiocarbonyl (C=S) groups is 2. The monoisotopic (exact) mass is 528 g/mol. The van der Waals surface area contributed by atoms with Crippen molar-refractivity contribution >= 4 is 70.4 Å². The predicted molar refractivity (Wildman–Crippen MR) is 133 cm³/mol. The lowest BCUT2D eigenvalue weighted by Gasteiger charge is -2.16. The first-order valence-corrected chi connectivity index (χ1v) is 10.6. The van der Waals surface area contributed by atoms with Crippen LogP contribution in [-0.2, 0) is 19.2 Å². The van der Waals surface area contributed by atoms with Crippen LogP contribution in [0.4, 0.5) is 0 Å². The molecule has 8 N–H and O–H groups in total. The lowest BCUT2D eigenvalue weighted by atomic mass is 10.1. The van der Waals surface area contributed by atoms with Crippen LogP contribution in [0.5, 0.6) is 23.0 Å². The first-order chi connectivity index (χ1) is 16.9. The van der Waals surface area contributed by atoms with Gasteiger partial charge in [-0.2, -0.15) is 0 Å². The summed E-state index contributed by atoms with van der Waals surface area (Å²) in [6.45, 7) is 0. The third kappa shape index (κ3) is 6.19. The number of phenols is 4. The predicted octanol–water partition coefficient (Wildman–Crippen LogP) is 0.0242. The molecule has 0 aromatic heterocycles. The number of amides is 4. The van der Waals surface area contributed by atoms with Gasteiger partial charge in [-0.3, -0.25) is 40.4 Å². The van der Waals surface area contributed by atoms with Gasteiger partial charge in [0.25, 0.3) is 23.6 Å². The maximum atomic E-state index is 11.5. The highest BCUT2D eigenvalue weighted by atomic mass is 32.1. The van der Waals surface area contributed by atoms with E-state index in [2.05, 4.69) is 45.7 Å². The van der Waals surface area contributed by atoms with Crippen molar-refractivity contribution in [2.24, 2.45) is 0 Å². The number of aromatic hydroxyl groups is 4. The van der Waals surface area contributed by atoms with Crippen LogP contribution in [0.1, 0.15) is 11.1 Å². The SMILES string of the molecule is O=C1NC(=S)NC(=O)C1=Cc1ccc(O)cc1O.O=C1NC(=S)NC(=O)C1=Cc1ccc(O)cc1O. The highest BCUT2D eigenvalue weighted by Gasteiger charge is 2.27. The first kappa shape index (κ1) is 25.8. The van der Waals surface area contributed by atoms with Crippen molar-refractivity contribution in [2.75, 3.05) is 0 Å². The molecule has 0 bridgehead atoms. The van der Waals surface area contributed by atoms with Crippen LogP contribution in [0.3, 0.4) is 0 Å². The maximum absolute atomic E-state index is 11.5. The summed E-state index contributed by atoms with van der Waals surface area (Å²) >= 11 is 9.29. The lowest BCUT2D eigenvalue weighted by molar-refractivity contribution is -0.124. The number of hydrogen-bond donors (Lipinski definition) is 8. The van der Waals surface area contributed by atoms with Crippen LogP contribution in [-0.4, -0.2) is 54.3 Å². The van der Waals surface area contributed by atoms with Crippen molar-refractivity contribution in [3.05, 3.63) is 58.7 Å². The molecule has 36 heavy (non-hydrogen) atoms. The molecule has 0 spiro atoms. The Labute approximate surface area is 212 Å². The van der Waals surface area contributed by atoms with Gasteiger partial charge in [0.1, 0.15) is 34.1 Å². The summed E-state index contributed by atoms with van der Waals surface area (Å²) in [5.74, 6) is -3.28. The largest absolute Gasteiger partial charge is 0.508 e. The molecular weight excluding hydrogens is 512 g/mol. The molecule has 2 fully saturated rings. The standard InChI is InChI=1S/2C11H8N2O4S/c2*14-6-2-1-5(8(15)4-6)3-7-9(16)12-11(18)13-10(7)17/h2*1-4,14-15H,(H2,12,13,16,17,18). The Hall–Kier alpha value is -4.82. The van der Waals surface area contributed by atoms with Crippen molar-refractivity contribution in [2.45, 2.75) is 0 Å². The topological polar surface area (TPSA) is 197 Å². The third-order valence-corrected chi connectivity index (χ3v) is 4.92. The van der Waals surface area contributed by atoms with Crippen molar-refractivity contribution in [1.29, 1.82) is 0 Å². The first-order valence-electron chi connectivity index (χ1n) is 9.75. The highest BCUT2D eigenvalue weighted by Crippen LogP contribution is 2.26. The van der Waals surface area contributed by atoms with Gasteiger partial charge in [-0.25, -0.2) is 0 Å². The van der Waals surface area contributed by atoms with E-state index in [1.165, 1.54) is 36.4 Å². The molecule has 2 aromatic carbocycles. The molecule has 2 saturated heterocycles. The minimum atomic E-state index is -0.642. The zero-order chi connectivity index (χ0) is 26.6. The smallest absolute Gasteiger partial charge is 0.263 e. The van der Waals surface area contributed by atoms with Crippen molar-refractivity contribution in [3.8, 4) is 23.0 Å². The molecule has 12 nitrogen and oxygen atoms in total. The molecule has 0 atom stereocenters. The van der Waals surface area contributed by atoms with Gasteiger partial charge < -0.3 is 20.4 Å². The minimum absolute atomic E-state index is 0.0583. The number of rotatable bonds is 2. The number of hydrogen-bond acceptors (Lipinski definition) is 10. The van der Waals surface area contributed by atoms with Crippen LogP contribution < -0.4 is 21.3 Å². The van der Waals surface area contributed by atoms with Crippen molar-refractivity contribution in [1.82, 2.24) is 21.3 Å². The number of carbonyl (C=O) groups is 4. The van der Waals surface area contributed by atoms with Gasteiger partial charge in [0.2, 0.25) is 0 Å². The van der Waals surface area contributed by atoms with E-state index < -0.39 is 23.6 Å². The Morgan fingerprint density at radius 3 is 1.14 bits per heavy atom. The molecule has 184 valence electrons. The summed E-state index contributed by atoms with van der Waals surface area (Å²) in [6, 6.07) is 7.63. The average Bonchev–Trinajstić information content (AvgIpc) is 2.76. The zero-order valence-corrected chi connectivity index (χ0v) is 19.5. The van der Waals surface area contributed by atoms with Crippen LogP contribution in [0.15, 0.2) is 47.5 Å². The van der Waals surface area contributed by atoms with Crippen LogP contribution in [0.25, 0.3) is 12.2 Å². The molecule has 2 aliphatic heterocycles. The summed E-state index contributed by atoms with van der Waals surface area (Å²) in [6.07, 6.45) is 2.42. The van der Waals surface area contributed by atoms with Gasteiger partial charge >= 0.3 is 0 Å². The summed E-state index contributed by atoms with van der Waals surface area (Å²) in [5.41, 5.74) is 0.121. The lowest BCUT2D eigenvalue weighted by Crippen LogP contribution is -2.51. The van der Waals surface area contributed by atoms with E-state index in [0.29, 0.717) is 0 Å². The molecule has 2 aromatic rings. The van der Waals surface area contributed by atoms with E-state index in [1.807, 2.05) is 0 Å². The number of carbonyl (C=O) groups excluding carboxylic acids is 4. The Bertz CT molecular complexity index is 1250. The fourth-order valence-electron chi connectivity index (χ4n) is 2.83. The Morgan fingerprint density at radius 1 is 0.556 bits per heavy atom. The average molecular weight is 529 g/mol. The Morgan fingerprint density at radius 2 is 0.861 bits per heavy atom. The van der Waals surface area contributed by atoms with Gasteiger partial charge in [0.05, 0.1) is 0 Å². The van der Waals surface area contributed by atoms with E-state index in [9.17, 15) is 29.4 Å². The van der Waals surface area contributed by atoms with E-state index >= 15 is 0 Å². The van der Waals surface area contributed by atoms with Gasteiger partial charge in [0, 0.05) is 23.3 Å². The zero-order valence-electron chi connectivity index (χ0n) is 17.9. The summed E-state index contributed by atoms with van der Waals surface area (Å²) in [7, 11) is 0. The highest BCUT2D eigenvalue weighted by molar-refractivity contribution is 7.80. The molecule has 0 unspecified atom stereocenters. The number of benzene rings is 2. The fourth-order valence-corrected chi connectivity index (χ4v) is 3.20. The van der Waals surface area contributed by atoms with Crippen molar-refractivity contribution < 1.29 is 39.6 Å². The second-order valence-corrected chi connectivity index (χ2v) is 7.89. The van der Waals surface area contributed by atoms with E-state index in [1.54, 1.807) is 0 Å². The second kappa shape index (κ2) is 10.6.